The van der Waals surface area contributed by atoms with Gasteiger partial charge in [-0.15, -0.1) is 0 Å². The van der Waals surface area contributed by atoms with Crippen molar-refractivity contribution in [2.45, 2.75) is 39.5 Å². The topological polar surface area (TPSA) is 17.1 Å². The van der Waals surface area contributed by atoms with E-state index in [4.69, 9.17) is 0 Å². The van der Waals surface area contributed by atoms with Crippen molar-refractivity contribution in [3.63, 3.8) is 0 Å². The fourth-order valence-corrected chi connectivity index (χ4v) is 2.23. The number of hydrogen-bond acceptors (Lipinski definition) is 1. The summed E-state index contributed by atoms with van der Waals surface area (Å²) in [5.41, 5.74) is 4.73. The molecule has 84 valence electrons. The molecule has 1 aliphatic carbocycles. The summed E-state index contributed by atoms with van der Waals surface area (Å²) in [4.78, 5) is 11.7. The van der Waals surface area contributed by atoms with Gasteiger partial charge in [-0.3, -0.25) is 4.79 Å². The van der Waals surface area contributed by atoms with Crippen LogP contribution in [0.3, 0.4) is 0 Å². The van der Waals surface area contributed by atoms with E-state index in [-0.39, 0.29) is 0 Å². The summed E-state index contributed by atoms with van der Waals surface area (Å²) >= 11 is 0. The number of benzene rings is 1. The molecule has 0 amide bonds. The van der Waals surface area contributed by atoms with Crippen LogP contribution >= 0.6 is 0 Å². The van der Waals surface area contributed by atoms with E-state index in [1.54, 1.807) is 0 Å². The Morgan fingerprint density at radius 1 is 1.12 bits per heavy atom. The van der Waals surface area contributed by atoms with Crippen LogP contribution in [0.15, 0.2) is 23.8 Å². The molecular formula is C15H18O. The van der Waals surface area contributed by atoms with Gasteiger partial charge in [-0.2, -0.15) is 0 Å². The van der Waals surface area contributed by atoms with Crippen LogP contribution in [0.4, 0.5) is 0 Å². The van der Waals surface area contributed by atoms with Crippen molar-refractivity contribution in [1.82, 2.24) is 0 Å². The van der Waals surface area contributed by atoms with Crippen LogP contribution in [0.25, 0.3) is 6.08 Å². The van der Waals surface area contributed by atoms with Gasteiger partial charge in [0.1, 0.15) is 0 Å². The highest BCUT2D eigenvalue weighted by Crippen LogP contribution is 2.23. The van der Waals surface area contributed by atoms with Crippen molar-refractivity contribution in [3.05, 3.63) is 40.5 Å². The average molecular weight is 214 g/mol. The predicted molar refractivity (Wildman–Crippen MR) is 67.4 cm³/mol. The maximum Gasteiger partial charge on any atom is 0.158 e. The zero-order valence-electron chi connectivity index (χ0n) is 10.0. The molecule has 0 unspecified atom stereocenters. The first kappa shape index (κ1) is 11.1. The Balaban J connectivity index is 2.30. The molecule has 0 aromatic heterocycles. The van der Waals surface area contributed by atoms with Crippen LogP contribution in [-0.4, -0.2) is 5.78 Å². The van der Waals surface area contributed by atoms with Crippen LogP contribution in [0, 0.1) is 13.8 Å². The molecule has 0 spiro atoms. The molecule has 1 aliphatic rings. The quantitative estimate of drug-likeness (QED) is 0.649. The Hall–Kier alpha value is -1.37. The van der Waals surface area contributed by atoms with E-state index in [2.05, 4.69) is 38.1 Å². The van der Waals surface area contributed by atoms with Crippen molar-refractivity contribution >= 4 is 11.9 Å². The van der Waals surface area contributed by atoms with Gasteiger partial charge < -0.3 is 0 Å². The molecular weight excluding hydrogens is 196 g/mol. The smallest absolute Gasteiger partial charge is 0.158 e. The molecule has 1 heteroatoms. The average Bonchev–Trinajstić information content (AvgIpc) is 2.25. The van der Waals surface area contributed by atoms with E-state index in [0.717, 1.165) is 31.3 Å². The lowest BCUT2D eigenvalue weighted by Crippen LogP contribution is -2.08. The summed E-state index contributed by atoms with van der Waals surface area (Å²) in [6, 6.07) is 6.38. The van der Waals surface area contributed by atoms with Crippen molar-refractivity contribution in [1.29, 1.82) is 0 Å². The Kier molecular flexibility index (Phi) is 3.23. The molecule has 2 rings (SSSR count). The molecule has 0 N–H and O–H groups in total. The fraction of sp³-hybridized carbons (Fsp3) is 0.400. The van der Waals surface area contributed by atoms with Gasteiger partial charge in [0.2, 0.25) is 0 Å². The summed E-state index contributed by atoms with van der Waals surface area (Å²) in [5.74, 6) is 0.339. The van der Waals surface area contributed by atoms with Gasteiger partial charge in [-0.05, 0) is 55.9 Å². The molecule has 1 aromatic carbocycles. The minimum absolute atomic E-state index is 0.339. The van der Waals surface area contributed by atoms with Gasteiger partial charge in [0.15, 0.2) is 5.78 Å². The van der Waals surface area contributed by atoms with Gasteiger partial charge in [0, 0.05) is 6.42 Å². The third kappa shape index (κ3) is 2.41. The zero-order chi connectivity index (χ0) is 11.5. The molecule has 0 heterocycles. The Bertz CT molecular complexity index is 441. The van der Waals surface area contributed by atoms with Crippen molar-refractivity contribution in [2.24, 2.45) is 0 Å². The Morgan fingerprint density at radius 3 is 2.56 bits per heavy atom. The molecule has 0 atom stereocenters. The van der Waals surface area contributed by atoms with Crippen LogP contribution in [-0.2, 0) is 4.79 Å². The lowest BCUT2D eigenvalue weighted by Gasteiger charge is -2.13. The molecule has 0 saturated heterocycles. The van der Waals surface area contributed by atoms with Crippen molar-refractivity contribution in [2.75, 3.05) is 0 Å². The van der Waals surface area contributed by atoms with Crippen LogP contribution in [0.5, 0.6) is 0 Å². The van der Waals surface area contributed by atoms with E-state index in [1.807, 2.05) is 0 Å². The van der Waals surface area contributed by atoms with Gasteiger partial charge in [0.25, 0.3) is 0 Å². The third-order valence-corrected chi connectivity index (χ3v) is 3.21. The van der Waals surface area contributed by atoms with E-state index in [9.17, 15) is 4.79 Å². The lowest BCUT2D eigenvalue weighted by atomic mass is 9.91. The molecule has 0 aliphatic heterocycles. The highest BCUT2D eigenvalue weighted by Gasteiger charge is 2.14. The number of allylic oxidation sites excluding steroid dienone is 1. The van der Waals surface area contributed by atoms with Gasteiger partial charge >= 0.3 is 0 Å². The van der Waals surface area contributed by atoms with Crippen LogP contribution < -0.4 is 0 Å². The second kappa shape index (κ2) is 4.65. The zero-order valence-corrected chi connectivity index (χ0v) is 10.0. The normalized spacial score (nSPS) is 19.1. The number of Topliss-reactive ketones (excluding diaryl/α,β-unsaturated/α-hetero) is 1. The van der Waals surface area contributed by atoms with E-state index in [1.165, 1.54) is 16.7 Å². The first-order chi connectivity index (χ1) is 7.66. The van der Waals surface area contributed by atoms with Crippen molar-refractivity contribution in [3.8, 4) is 0 Å². The first-order valence-corrected chi connectivity index (χ1v) is 5.98. The monoisotopic (exact) mass is 214 g/mol. The summed E-state index contributed by atoms with van der Waals surface area (Å²) in [7, 11) is 0. The maximum absolute atomic E-state index is 11.7. The molecule has 1 saturated carbocycles. The summed E-state index contributed by atoms with van der Waals surface area (Å²) in [6.45, 7) is 4.20. The van der Waals surface area contributed by atoms with Crippen molar-refractivity contribution < 1.29 is 4.79 Å². The number of hydrogen-bond donors (Lipinski definition) is 0. The number of ketones is 1. The summed E-state index contributed by atoms with van der Waals surface area (Å²) in [6.07, 6.45) is 5.98. The van der Waals surface area contributed by atoms with Crippen LogP contribution in [0.1, 0.15) is 42.4 Å². The van der Waals surface area contributed by atoms with E-state index in [0.29, 0.717) is 5.78 Å². The molecule has 0 radical (unpaired) electrons. The highest BCUT2D eigenvalue weighted by atomic mass is 16.1. The Labute approximate surface area is 97.2 Å². The van der Waals surface area contributed by atoms with E-state index >= 15 is 0 Å². The SMILES string of the molecule is Cc1ccc(/C=C2/CCCCC2=O)c(C)c1. The summed E-state index contributed by atoms with van der Waals surface area (Å²) < 4.78 is 0. The van der Waals surface area contributed by atoms with Gasteiger partial charge in [-0.1, -0.05) is 23.8 Å². The van der Waals surface area contributed by atoms with Gasteiger partial charge in [-0.25, -0.2) is 0 Å². The molecule has 1 aromatic rings. The summed E-state index contributed by atoms with van der Waals surface area (Å²) in [5, 5.41) is 0. The minimum atomic E-state index is 0.339. The minimum Gasteiger partial charge on any atom is -0.295 e. The van der Waals surface area contributed by atoms with Gasteiger partial charge in [0.05, 0.1) is 0 Å². The molecule has 0 bridgehead atoms. The molecule has 1 nitrogen and oxygen atoms in total. The highest BCUT2D eigenvalue weighted by molar-refractivity contribution is 6.00. The Morgan fingerprint density at radius 2 is 1.88 bits per heavy atom. The maximum atomic E-state index is 11.7. The number of carbonyl (C=O) groups excluding carboxylic acids is 1. The first-order valence-electron chi connectivity index (χ1n) is 5.98. The lowest BCUT2D eigenvalue weighted by molar-refractivity contribution is -0.116. The molecule has 16 heavy (non-hydrogen) atoms. The second-order valence-corrected chi connectivity index (χ2v) is 4.66. The molecule has 1 fully saturated rings. The fourth-order valence-electron chi connectivity index (χ4n) is 2.23. The number of rotatable bonds is 1. The number of aryl methyl sites for hydroxylation is 2. The second-order valence-electron chi connectivity index (χ2n) is 4.66. The largest absolute Gasteiger partial charge is 0.295 e. The number of carbonyl (C=O) groups is 1. The van der Waals surface area contributed by atoms with E-state index < -0.39 is 0 Å². The third-order valence-electron chi connectivity index (χ3n) is 3.21. The standard InChI is InChI=1S/C15H18O/c1-11-7-8-13(12(2)9-11)10-14-5-3-4-6-15(14)16/h7-10H,3-6H2,1-2H3/b14-10-. The van der Waals surface area contributed by atoms with Crippen LogP contribution in [0.2, 0.25) is 0 Å². The predicted octanol–water partition coefficient (Wildman–Crippen LogP) is 3.83.